The number of amides is 1. The molecule has 1 N–H and O–H groups in total. The number of carbonyl (C=O) groups excluding carboxylic acids is 1. The summed E-state index contributed by atoms with van der Waals surface area (Å²) in [7, 11) is -3.31. The van der Waals surface area contributed by atoms with Gasteiger partial charge in [-0.2, -0.15) is 0 Å². The Bertz CT molecular complexity index is 898. The van der Waals surface area contributed by atoms with Gasteiger partial charge in [-0.15, -0.1) is 0 Å². The maximum absolute atomic E-state index is 12.4. The van der Waals surface area contributed by atoms with Gasteiger partial charge >= 0.3 is 0 Å². The maximum atomic E-state index is 12.4. The number of sulfonamides is 1. The molecular formula is C17H21N3O4S. The van der Waals surface area contributed by atoms with Crippen LogP contribution < -0.4 is 9.62 Å². The monoisotopic (exact) mass is 363 g/mol. The standard InChI is InChI=1S/C17H21N3O4S/c1-11-12(2)24-16(19-11)10-18-17(21)14-6-7-15-13(9-14)5-4-8-20(15)25(3,22)23/h6-7,9H,4-5,8,10H2,1-3H3,(H,18,21). The number of anilines is 1. The van der Waals surface area contributed by atoms with Crippen LogP contribution in [0.2, 0.25) is 0 Å². The van der Waals surface area contributed by atoms with Gasteiger partial charge in [0.2, 0.25) is 15.9 Å². The molecule has 25 heavy (non-hydrogen) atoms. The second-order valence-corrected chi connectivity index (χ2v) is 8.12. The summed E-state index contributed by atoms with van der Waals surface area (Å²) in [4.78, 5) is 16.6. The number of carbonyl (C=O) groups is 1. The molecule has 3 rings (SSSR count). The third-order valence-electron chi connectivity index (χ3n) is 4.29. The van der Waals surface area contributed by atoms with Crippen LogP contribution in [0.3, 0.4) is 0 Å². The van der Waals surface area contributed by atoms with Crippen molar-refractivity contribution in [2.24, 2.45) is 0 Å². The Labute approximate surface area is 147 Å². The van der Waals surface area contributed by atoms with Crippen molar-refractivity contribution in [3.05, 3.63) is 46.7 Å². The number of oxazole rings is 1. The molecule has 0 saturated carbocycles. The summed E-state index contributed by atoms with van der Waals surface area (Å²) in [5, 5.41) is 2.78. The molecule has 7 nitrogen and oxygen atoms in total. The van der Waals surface area contributed by atoms with E-state index in [2.05, 4.69) is 10.3 Å². The summed E-state index contributed by atoms with van der Waals surface area (Å²) >= 11 is 0. The van der Waals surface area contributed by atoms with Crippen molar-refractivity contribution >= 4 is 21.6 Å². The van der Waals surface area contributed by atoms with E-state index in [-0.39, 0.29) is 12.5 Å². The number of fused-ring (bicyclic) bond motifs is 1. The van der Waals surface area contributed by atoms with Crippen LogP contribution in [-0.2, 0) is 23.0 Å². The predicted octanol–water partition coefficient (Wildman–Crippen LogP) is 1.93. The van der Waals surface area contributed by atoms with E-state index >= 15 is 0 Å². The molecule has 0 bridgehead atoms. The number of nitrogens with one attached hydrogen (secondary N) is 1. The molecule has 0 atom stereocenters. The van der Waals surface area contributed by atoms with Crippen LogP contribution in [0.1, 0.15) is 39.7 Å². The van der Waals surface area contributed by atoms with Gasteiger partial charge in [0, 0.05) is 12.1 Å². The number of hydrogen-bond acceptors (Lipinski definition) is 5. The van der Waals surface area contributed by atoms with Gasteiger partial charge in [0.1, 0.15) is 5.76 Å². The number of benzene rings is 1. The van der Waals surface area contributed by atoms with Crippen LogP contribution in [-0.4, -0.2) is 32.1 Å². The lowest BCUT2D eigenvalue weighted by molar-refractivity contribution is 0.0947. The molecule has 134 valence electrons. The molecule has 0 radical (unpaired) electrons. The highest BCUT2D eigenvalue weighted by Crippen LogP contribution is 2.29. The summed E-state index contributed by atoms with van der Waals surface area (Å²) in [6.07, 6.45) is 2.68. The zero-order valence-electron chi connectivity index (χ0n) is 14.5. The summed E-state index contributed by atoms with van der Waals surface area (Å²) in [6, 6.07) is 5.10. The normalized spacial score (nSPS) is 14.3. The smallest absolute Gasteiger partial charge is 0.251 e. The fraction of sp³-hybridized carbons (Fsp3) is 0.412. The highest BCUT2D eigenvalue weighted by atomic mass is 32.2. The Morgan fingerprint density at radius 1 is 1.36 bits per heavy atom. The molecular weight excluding hydrogens is 342 g/mol. The molecule has 1 aromatic heterocycles. The highest BCUT2D eigenvalue weighted by molar-refractivity contribution is 7.92. The largest absolute Gasteiger partial charge is 0.444 e. The molecule has 0 aliphatic carbocycles. The van der Waals surface area contributed by atoms with Gasteiger partial charge in [-0.3, -0.25) is 9.10 Å². The van der Waals surface area contributed by atoms with Crippen molar-refractivity contribution in [2.45, 2.75) is 33.2 Å². The maximum Gasteiger partial charge on any atom is 0.251 e. The molecule has 0 spiro atoms. The van der Waals surface area contributed by atoms with Crippen molar-refractivity contribution in [3.8, 4) is 0 Å². The molecule has 8 heteroatoms. The average molecular weight is 363 g/mol. The second-order valence-electron chi connectivity index (χ2n) is 6.21. The molecule has 0 fully saturated rings. The number of aryl methyl sites for hydroxylation is 3. The van der Waals surface area contributed by atoms with E-state index in [0.717, 1.165) is 29.9 Å². The summed E-state index contributed by atoms with van der Waals surface area (Å²) in [6.45, 7) is 4.35. The number of aromatic nitrogens is 1. The third kappa shape index (κ3) is 3.68. The predicted molar refractivity (Wildman–Crippen MR) is 94.1 cm³/mol. The van der Waals surface area contributed by atoms with Crippen molar-refractivity contribution in [1.82, 2.24) is 10.3 Å². The average Bonchev–Trinajstić information content (AvgIpc) is 2.89. The Balaban J connectivity index is 1.76. The fourth-order valence-corrected chi connectivity index (χ4v) is 3.92. The van der Waals surface area contributed by atoms with E-state index < -0.39 is 10.0 Å². The molecule has 0 saturated heterocycles. The van der Waals surface area contributed by atoms with E-state index in [9.17, 15) is 13.2 Å². The zero-order chi connectivity index (χ0) is 18.2. The lowest BCUT2D eigenvalue weighted by Crippen LogP contribution is -2.34. The van der Waals surface area contributed by atoms with E-state index in [1.54, 1.807) is 18.2 Å². The van der Waals surface area contributed by atoms with Gasteiger partial charge in [0.25, 0.3) is 5.91 Å². The Morgan fingerprint density at radius 2 is 2.12 bits per heavy atom. The summed E-state index contributed by atoms with van der Waals surface area (Å²) < 4.78 is 30.6. The number of hydrogen-bond donors (Lipinski definition) is 1. The van der Waals surface area contributed by atoms with Crippen LogP contribution >= 0.6 is 0 Å². The minimum atomic E-state index is -3.31. The second kappa shape index (κ2) is 6.51. The Morgan fingerprint density at radius 3 is 2.76 bits per heavy atom. The topological polar surface area (TPSA) is 92.5 Å². The SMILES string of the molecule is Cc1nc(CNC(=O)c2ccc3c(c2)CCCN3S(C)(=O)=O)oc1C. The first-order valence-corrected chi connectivity index (χ1v) is 9.92. The first-order chi connectivity index (χ1) is 11.8. The lowest BCUT2D eigenvalue weighted by atomic mass is 10.0. The fourth-order valence-electron chi connectivity index (χ4n) is 2.92. The third-order valence-corrected chi connectivity index (χ3v) is 5.47. The van der Waals surface area contributed by atoms with E-state index in [1.807, 2.05) is 13.8 Å². The number of rotatable bonds is 4. The van der Waals surface area contributed by atoms with Gasteiger partial charge in [-0.25, -0.2) is 13.4 Å². The van der Waals surface area contributed by atoms with Gasteiger partial charge in [0.15, 0.2) is 0 Å². The Kier molecular flexibility index (Phi) is 4.55. The van der Waals surface area contributed by atoms with Gasteiger partial charge in [-0.1, -0.05) is 0 Å². The van der Waals surface area contributed by atoms with Gasteiger partial charge in [-0.05, 0) is 50.5 Å². The minimum absolute atomic E-state index is 0.208. The van der Waals surface area contributed by atoms with Crippen LogP contribution in [0.15, 0.2) is 22.6 Å². The van der Waals surface area contributed by atoms with Crippen molar-refractivity contribution in [1.29, 1.82) is 0 Å². The van der Waals surface area contributed by atoms with Crippen LogP contribution in [0, 0.1) is 13.8 Å². The molecule has 1 aliphatic heterocycles. The summed E-state index contributed by atoms with van der Waals surface area (Å²) in [5.41, 5.74) is 2.82. The zero-order valence-corrected chi connectivity index (χ0v) is 15.3. The highest BCUT2D eigenvalue weighted by Gasteiger charge is 2.24. The van der Waals surface area contributed by atoms with Crippen molar-refractivity contribution in [2.75, 3.05) is 17.1 Å². The van der Waals surface area contributed by atoms with E-state index in [4.69, 9.17) is 4.42 Å². The van der Waals surface area contributed by atoms with E-state index in [1.165, 1.54) is 10.6 Å². The van der Waals surface area contributed by atoms with E-state index in [0.29, 0.717) is 23.7 Å². The lowest BCUT2D eigenvalue weighted by Gasteiger charge is -2.29. The molecule has 2 aromatic rings. The van der Waals surface area contributed by atoms with Crippen molar-refractivity contribution < 1.29 is 17.6 Å². The van der Waals surface area contributed by atoms with Gasteiger partial charge in [0.05, 0.1) is 24.2 Å². The molecule has 2 heterocycles. The number of nitrogens with zero attached hydrogens (tertiary/aromatic N) is 2. The molecule has 0 unspecified atom stereocenters. The first-order valence-electron chi connectivity index (χ1n) is 8.07. The Hall–Kier alpha value is -2.35. The van der Waals surface area contributed by atoms with Crippen LogP contribution in [0.5, 0.6) is 0 Å². The minimum Gasteiger partial charge on any atom is -0.444 e. The van der Waals surface area contributed by atoms with Gasteiger partial charge < -0.3 is 9.73 Å². The first kappa shape index (κ1) is 17.5. The quantitative estimate of drug-likeness (QED) is 0.896. The molecule has 1 amide bonds. The molecule has 1 aromatic carbocycles. The van der Waals surface area contributed by atoms with Crippen LogP contribution in [0.25, 0.3) is 0 Å². The van der Waals surface area contributed by atoms with Crippen molar-refractivity contribution in [3.63, 3.8) is 0 Å². The summed E-state index contributed by atoms with van der Waals surface area (Å²) in [5.74, 6) is 0.955. The molecule has 1 aliphatic rings. The van der Waals surface area contributed by atoms with Crippen LogP contribution in [0.4, 0.5) is 5.69 Å².